The maximum Gasteiger partial charge on any atom is 0.230 e. The monoisotopic (exact) mass is 264 g/mol. The summed E-state index contributed by atoms with van der Waals surface area (Å²) in [5.41, 5.74) is 0.684. The lowest BCUT2D eigenvalue weighted by atomic mass is 9.98. The molecule has 1 aliphatic heterocycles. The Balaban J connectivity index is 1.82. The minimum Gasteiger partial charge on any atom is -0.339 e. The normalized spacial score (nSPS) is 16.9. The fraction of sp³-hybridized carbons (Fsp3) is 0.417. The highest BCUT2D eigenvalue weighted by Crippen LogP contribution is 2.25. The molecule has 18 heavy (non-hydrogen) atoms. The van der Waals surface area contributed by atoms with E-state index >= 15 is 0 Å². The number of hydrogen-bond donors (Lipinski definition) is 1. The third-order valence-corrected chi connectivity index (χ3v) is 3.31. The van der Waals surface area contributed by atoms with Gasteiger partial charge >= 0.3 is 0 Å². The van der Waals surface area contributed by atoms with Gasteiger partial charge in [-0.15, -0.1) is 0 Å². The standard InChI is InChI=1S/C12H13ClN4O/c13-9-1-2-10(15-7-9)11-16-12(18-17-11)8-3-5-14-6-4-8/h1-2,7-8,14H,3-6H2. The Labute approximate surface area is 110 Å². The predicted octanol–water partition coefficient (Wildman–Crippen LogP) is 2.25. The Morgan fingerprint density at radius 1 is 1.28 bits per heavy atom. The first-order valence-corrected chi connectivity index (χ1v) is 6.37. The number of rotatable bonds is 2. The van der Waals surface area contributed by atoms with Crippen molar-refractivity contribution in [1.29, 1.82) is 0 Å². The van der Waals surface area contributed by atoms with Crippen LogP contribution < -0.4 is 5.32 Å². The second kappa shape index (κ2) is 5.04. The fourth-order valence-electron chi connectivity index (χ4n) is 2.08. The molecule has 6 heteroatoms. The highest BCUT2D eigenvalue weighted by atomic mass is 35.5. The van der Waals surface area contributed by atoms with Gasteiger partial charge in [-0.2, -0.15) is 4.98 Å². The molecule has 5 nitrogen and oxygen atoms in total. The Kier molecular flexibility index (Phi) is 3.25. The molecule has 1 N–H and O–H groups in total. The van der Waals surface area contributed by atoms with Crippen LogP contribution in [0.4, 0.5) is 0 Å². The molecule has 0 saturated carbocycles. The van der Waals surface area contributed by atoms with Crippen LogP contribution in [-0.4, -0.2) is 28.2 Å². The Bertz CT molecular complexity index is 519. The van der Waals surface area contributed by atoms with Crippen molar-refractivity contribution < 1.29 is 4.52 Å². The van der Waals surface area contributed by atoms with E-state index in [4.69, 9.17) is 16.1 Å². The molecule has 1 saturated heterocycles. The summed E-state index contributed by atoms with van der Waals surface area (Å²) in [6, 6.07) is 3.56. The molecule has 3 rings (SSSR count). The minimum absolute atomic E-state index is 0.361. The van der Waals surface area contributed by atoms with Crippen LogP contribution in [0, 0.1) is 0 Å². The fourth-order valence-corrected chi connectivity index (χ4v) is 2.19. The van der Waals surface area contributed by atoms with Crippen LogP contribution in [-0.2, 0) is 0 Å². The van der Waals surface area contributed by atoms with Crippen molar-refractivity contribution in [3.63, 3.8) is 0 Å². The van der Waals surface area contributed by atoms with Gasteiger partial charge in [-0.3, -0.25) is 4.98 Å². The highest BCUT2D eigenvalue weighted by molar-refractivity contribution is 6.30. The number of hydrogen-bond acceptors (Lipinski definition) is 5. The van der Waals surface area contributed by atoms with E-state index in [1.165, 1.54) is 0 Å². The third kappa shape index (κ3) is 2.37. The van der Waals surface area contributed by atoms with E-state index in [1.54, 1.807) is 18.3 Å². The molecule has 2 aromatic heterocycles. The first-order chi connectivity index (χ1) is 8.83. The van der Waals surface area contributed by atoms with Crippen LogP contribution in [0.5, 0.6) is 0 Å². The van der Waals surface area contributed by atoms with Crippen LogP contribution in [0.25, 0.3) is 11.5 Å². The van der Waals surface area contributed by atoms with E-state index in [9.17, 15) is 0 Å². The Morgan fingerprint density at radius 2 is 2.11 bits per heavy atom. The average Bonchev–Trinajstić information content (AvgIpc) is 2.90. The van der Waals surface area contributed by atoms with Crippen molar-refractivity contribution in [2.24, 2.45) is 0 Å². The number of halogens is 1. The van der Waals surface area contributed by atoms with Gasteiger partial charge in [0.25, 0.3) is 0 Å². The Hall–Kier alpha value is -1.46. The molecule has 0 spiro atoms. The summed E-state index contributed by atoms with van der Waals surface area (Å²) in [7, 11) is 0. The van der Waals surface area contributed by atoms with E-state index < -0.39 is 0 Å². The SMILES string of the molecule is Clc1ccc(-c2noc(C3CCNCC3)n2)nc1. The molecule has 1 aliphatic rings. The van der Waals surface area contributed by atoms with Gasteiger partial charge in [0.05, 0.1) is 5.02 Å². The van der Waals surface area contributed by atoms with Crippen LogP contribution in [0.1, 0.15) is 24.7 Å². The summed E-state index contributed by atoms with van der Waals surface area (Å²) >= 11 is 5.79. The van der Waals surface area contributed by atoms with Crippen molar-refractivity contribution in [3.8, 4) is 11.5 Å². The van der Waals surface area contributed by atoms with Gasteiger partial charge in [0, 0.05) is 12.1 Å². The summed E-state index contributed by atoms with van der Waals surface area (Å²) in [5, 5.41) is 7.89. The van der Waals surface area contributed by atoms with Crippen molar-refractivity contribution in [2.75, 3.05) is 13.1 Å². The van der Waals surface area contributed by atoms with Crippen LogP contribution in [0.2, 0.25) is 5.02 Å². The van der Waals surface area contributed by atoms with Crippen LogP contribution >= 0.6 is 11.6 Å². The average molecular weight is 265 g/mol. The second-order valence-corrected chi connectivity index (χ2v) is 4.78. The van der Waals surface area contributed by atoms with E-state index in [1.807, 2.05) is 0 Å². The molecule has 94 valence electrons. The van der Waals surface area contributed by atoms with Gasteiger partial charge in [-0.25, -0.2) is 0 Å². The quantitative estimate of drug-likeness (QED) is 0.901. The lowest BCUT2D eigenvalue weighted by Crippen LogP contribution is -2.26. The second-order valence-electron chi connectivity index (χ2n) is 4.34. The summed E-state index contributed by atoms with van der Waals surface area (Å²) < 4.78 is 5.33. The number of nitrogens with one attached hydrogen (secondary N) is 1. The van der Waals surface area contributed by atoms with Crippen LogP contribution in [0.15, 0.2) is 22.9 Å². The number of piperidine rings is 1. The molecule has 0 aliphatic carbocycles. The van der Waals surface area contributed by atoms with Gasteiger partial charge in [0.1, 0.15) is 5.69 Å². The van der Waals surface area contributed by atoms with E-state index in [0.29, 0.717) is 28.3 Å². The van der Waals surface area contributed by atoms with E-state index in [0.717, 1.165) is 25.9 Å². The summed E-state index contributed by atoms with van der Waals surface area (Å²) in [6.07, 6.45) is 3.66. The molecule has 0 bridgehead atoms. The third-order valence-electron chi connectivity index (χ3n) is 3.09. The zero-order chi connectivity index (χ0) is 12.4. The molecular formula is C12H13ClN4O. The van der Waals surface area contributed by atoms with Crippen molar-refractivity contribution in [3.05, 3.63) is 29.2 Å². The lowest BCUT2D eigenvalue weighted by Gasteiger charge is -2.18. The van der Waals surface area contributed by atoms with Gasteiger partial charge < -0.3 is 9.84 Å². The first kappa shape index (κ1) is 11.6. The highest BCUT2D eigenvalue weighted by Gasteiger charge is 2.21. The summed E-state index contributed by atoms with van der Waals surface area (Å²) in [6.45, 7) is 2.00. The lowest BCUT2D eigenvalue weighted by molar-refractivity contribution is 0.320. The molecule has 0 atom stereocenters. The molecule has 0 radical (unpaired) electrons. The Morgan fingerprint density at radius 3 is 2.83 bits per heavy atom. The molecule has 0 amide bonds. The minimum atomic E-state index is 0.361. The first-order valence-electron chi connectivity index (χ1n) is 5.99. The predicted molar refractivity (Wildman–Crippen MR) is 67.4 cm³/mol. The number of pyridine rings is 1. The zero-order valence-corrected chi connectivity index (χ0v) is 10.5. The van der Waals surface area contributed by atoms with Gasteiger partial charge in [-0.05, 0) is 38.1 Å². The van der Waals surface area contributed by atoms with Crippen molar-refractivity contribution >= 4 is 11.6 Å². The maximum atomic E-state index is 5.79. The van der Waals surface area contributed by atoms with Crippen LogP contribution in [0.3, 0.4) is 0 Å². The van der Waals surface area contributed by atoms with Crippen molar-refractivity contribution in [1.82, 2.24) is 20.4 Å². The smallest absolute Gasteiger partial charge is 0.230 e. The number of aromatic nitrogens is 3. The molecule has 3 heterocycles. The van der Waals surface area contributed by atoms with Gasteiger partial charge in [0.2, 0.25) is 11.7 Å². The molecule has 0 aromatic carbocycles. The topological polar surface area (TPSA) is 63.8 Å². The summed E-state index contributed by atoms with van der Waals surface area (Å²) in [4.78, 5) is 8.60. The molecular weight excluding hydrogens is 252 g/mol. The molecule has 0 unspecified atom stereocenters. The zero-order valence-electron chi connectivity index (χ0n) is 9.77. The van der Waals surface area contributed by atoms with Gasteiger partial charge in [0.15, 0.2) is 0 Å². The molecule has 1 fully saturated rings. The van der Waals surface area contributed by atoms with Crippen molar-refractivity contribution in [2.45, 2.75) is 18.8 Å². The largest absolute Gasteiger partial charge is 0.339 e. The number of nitrogens with zero attached hydrogens (tertiary/aromatic N) is 3. The van der Waals surface area contributed by atoms with E-state index in [2.05, 4.69) is 20.4 Å². The maximum absolute atomic E-state index is 5.79. The van der Waals surface area contributed by atoms with E-state index in [-0.39, 0.29) is 0 Å². The molecule has 2 aromatic rings. The van der Waals surface area contributed by atoms with Gasteiger partial charge in [-0.1, -0.05) is 16.8 Å². The summed E-state index contributed by atoms with van der Waals surface area (Å²) in [5.74, 6) is 1.60.